The van der Waals surface area contributed by atoms with Crippen LogP contribution < -0.4 is 10.7 Å². The van der Waals surface area contributed by atoms with Gasteiger partial charge in [0.15, 0.2) is 0 Å². The number of hydrazone groups is 1. The minimum absolute atomic E-state index is 0.0176. The van der Waals surface area contributed by atoms with Gasteiger partial charge in [-0.3, -0.25) is 9.59 Å². The third-order valence-electron chi connectivity index (χ3n) is 4.52. The minimum Gasteiger partial charge on any atom is -0.506 e. The van der Waals surface area contributed by atoms with Gasteiger partial charge in [-0.2, -0.15) is 5.10 Å². The van der Waals surface area contributed by atoms with Crippen molar-refractivity contribution in [2.75, 3.05) is 0 Å². The summed E-state index contributed by atoms with van der Waals surface area (Å²) in [5.41, 5.74) is 4.94. The van der Waals surface area contributed by atoms with Crippen LogP contribution in [0.15, 0.2) is 104 Å². The monoisotopic (exact) mass is 581 g/mol. The molecule has 0 atom stereocenters. The Hall–Kier alpha value is -3.49. The number of amides is 2. The summed E-state index contributed by atoms with van der Waals surface area (Å²) in [4.78, 5) is 25.6. The molecular formula is C26H21Br2N3O3. The molecule has 0 aliphatic heterocycles. The first-order valence-electron chi connectivity index (χ1n) is 10.2. The Kier molecular flexibility index (Phi) is 8.95. The molecule has 2 amide bonds. The number of phenols is 1. The number of halogens is 2. The van der Waals surface area contributed by atoms with E-state index in [4.69, 9.17) is 0 Å². The number of allylic oxidation sites excluding steroid dienone is 2. The number of nitrogens with one attached hydrogen (secondary N) is 2. The molecule has 0 unspecified atom stereocenters. The molecule has 6 nitrogen and oxygen atoms in total. The van der Waals surface area contributed by atoms with Gasteiger partial charge in [0.2, 0.25) is 0 Å². The van der Waals surface area contributed by atoms with Gasteiger partial charge in [-0.05, 0) is 64.3 Å². The van der Waals surface area contributed by atoms with Gasteiger partial charge in [0.1, 0.15) is 11.4 Å². The summed E-state index contributed by atoms with van der Waals surface area (Å²) < 4.78 is 1.20. The van der Waals surface area contributed by atoms with Crippen LogP contribution >= 0.6 is 31.9 Å². The summed E-state index contributed by atoms with van der Waals surface area (Å²) in [5.74, 6) is -1.06. The molecule has 0 spiro atoms. The number of carbonyl (C=O) groups is 2. The average Bonchev–Trinajstić information content (AvgIpc) is 2.82. The summed E-state index contributed by atoms with van der Waals surface area (Å²) in [5, 5.41) is 16.8. The van der Waals surface area contributed by atoms with Crippen LogP contribution in [0.5, 0.6) is 5.75 Å². The largest absolute Gasteiger partial charge is 0.506 e. The molecule has 0 fully saturated rings. The highest BCUT2D eigenvalue weighted by atomic mass is 79.9. The summed E-state index contributed by atoms with van der Waals surface area (Å²) in [6.45, 7) is 1.83. The maximum atomic E-state index is 12.9. The van der Waals surface area contributed by atoms with Crippen molar-refractivity contribution in [3.63, 3.8) is 0 Å². The van der Waals surface area contributed by atoms with Crippen molar-refractivity contribution in [3.05, 3.63) is 116 Å². The van der Waals surface area contributed by atoms with Gasteiger partial charge in [-0.25, -0.2) is 5.43 Å². The molecule has 3 rings (SSSR count). The van der Waals surface area contributed by atoms with E-state index in [0.717, 1.165) is 15.6 Å². The number of aromatic hydroxyl groups is 1. The van der Waals surface area contributed by atoms with E-state index in [-0.39, 0.29) is 11.4 Å². The van der Waals surface area contributed by atoms with E-state index in [9.17, 15) is 14.7 Å². The maximum absolute atomic E-state index is 12.9. The van der Waals surface area contributed by atoms with Crippen molar-refractivity contribution >= 4 is 56.0 Å². The molecule has 0 aromatic heterocycles. The van der Waals surface area contributed by atoms with E-state index in [1.165, 1.54) is 6.21 Å². The molecule has 3 aromatic rings. The van der Waals surface area contributed by atoms with Crippen LogP contribution in [-0.2, 0) is 4.79 Å². The highest BCUT2D eigenvalue weighted by Crippen LogP contribution is 2.30. The molecule has 0 aliphatic rings. The van der Waals surface area contributed by atoms with Gasteiger partial charge in [0, 0.05) is 15.6 Å². The van der Waals surface area contributed by atoms with Crippen LogP contribution in [0.25, 0.3) is 6.08 Å². The molecule has 0 saturated carbocycles. The minimum atomic E-state index is -0.616. The molecule has 3 aromatic carbocycles. The summed E-state index contributed by atoms with van der Waals surface area (Å²) >= 11 is 6.59. The number of phenolic OH excluding ortho intramolecular Hbond substituents is 1. The quantitative estimate of drug-likeness (QED) is 0.143. The molecule has 0 bridgehead atoms. The van der Waals surface area contributed by atoms with Crippen LogP contribution in [0.1, 0.15) is 28.4 Å². The van der Waals surface area contributed by atoms with Crippen molar-refractivity contribution in [2.24, 2.45) is 5.10 Å². The van der Waals surface area contributed by atoms with Crippen LogP contribution in [0.4, 0.5) is 0 Å². The SMILES string of the molecule is CC(=C/c1ccccc1)/C=C(\NC(=O)c1ccccc1)C(=O)NN=Cc1cc(Br)cc(Br)c1O. The lowest BCUT2D eigenvalue weighted by Gasteiger charge is -2.09. The van der Waals surface area contributed by atoms with Crippen molar-refractivity contribution in [2.45, 2.75) is 6.92 Å². The summed E-state index contributed by atoms with van der Waals surface area (Å²) in [7, 11) is 0. The molecule has 0 heterocycles. The molecule has 34 heavy (non-hydrogen) atoms. The van der Waals surface area contributed by atoms with Crippen molar-refractivity contribution < 1.29 is 14.7 Å². The van der Waals surface area contributed by atoms with Crippen molar-refractivity contribution in [3.8, 4) is 5.75 Å². The number of benzene rings is 3. The Bertz CT molecular complexity index is 1270. The maximum Gasteiger partial charge on any atom is 0.287 e. The van der Waals surface area contributed by atoms with Gasteiger partial charge < -0.3 is 10.4 Å². The first kappa shape index (κ1) is 25.1. The third-order valence-corrected chi connectivity index (χ3v) is 5.58. The number of nitrogens with zero attached hydrogens (tertiary/aromatic N) is 1. The normalized spacial score (nSPS) is 12.0. The fourth-order valence-corrected chi connectivity index (χ4v) is 4.19. The lowest BCUT2D eigenvalue weighted by molar-refractivity contribution is -0.117. The van der Waals surface area contributed by atoms with Gasteiger partial charge in [0.25, 0.3) is 11.8 Å². The van der Waals surface area contributed by atoms with E-state index < -0.39 is 11.8 Å². The summed E-state index contributed by atoms with van der Waals surface area (Å²) in [6.07, 6.45) is 4.78. The van der Waals surface area contributed by atoms with Crippen molar-refractivity contribution in [1.29, 1.82) is 0 Å². The van der Waals surface area contributed by atoms with Gasteiger partial charge >= 0.3 is 0 Å². The standard InChI is InChI=1S/C26H21Br2N3O3/c1-17(12-18-8-4-2-5-9-18)13-23(30-25(33)19-10-6-3-7-11-19)26(34)31-29-16-20-14-21(27)15-22(28)24(20)32/h2-16,32H,1H3,(H,30,33)(H,31,34)/b17-12-,23-13-,29-16?. The summed E-state index contributed by atoms with van der Waals surface area (Å²) in [6, 6.07) is 21.6. The second-order valence-electron chi connectivity index (χ2n) is 7.20. The predicted octanol–water partition coefficient (Wildman–Crippen LogP) is 5.78. The van der Waals surface area contributed by atoms with Gasteiger partial charge in [-0.1, -0.05) is 70.5 Å². The van der Waals surface area contributed by atoms with Crippen LogP contribution in [0, 0.1) is 0 Å². The zero-order chi connectivity index (χ0) is 24.5. The predicted molar refractivity (Wildman–Crippen MR) is 141 cm³/mol. The molecule has 0 aliphatic carbocycles. The molecule has 3 N–H and O–H groups in total. The number of rotatable bonds is 7. The lowest BCUT2D eigenvalue weighted by Crippen LogP contribution is -2.33. The highest BCUT2D eigenvalue weighted by Gasteiger charge is 2.14. The average molecular weight is 583 g/mol. The fourth-order valence-electron chi connectivity index (χ4n) is 2.93. The Morgan fingerprint density at radius 2 is 1.62 bits per heavy atom. The Morgan fingerprint density at radius 3 is 2.29 bits per heavy atom. The first-order chi connectivity index (χ1) is 16.3. The zero-order valence-corrected chi connectivity index (χ0v) is 21.3. The van der Waals surface area contributed by atoms with E-state index in [1.54, 1.807) is 48.5 Å². The topological polar surface area (TPSA) is 90.8 Å². The van der Waals surface area contributed by atoms with Gasteiger partial charge in [-0.15, -0.1) is 0 Å². The fraction of sp³-hybridized carbons (Fsp3) is 0.0385. The van der Waals surface area contributed by atoms with E-state index in [0.29, 0.717) is 15.6 Å². The van der Waals surface area contributed by atoms with Crippen LogP contribution in [0.2, 0.25) is 0 Å². The van der Waals surface area contributed by atoms with E-state index >= 15 is 0 Å². The molecule has 8 heteroatoms. The van der Waals surface area contributed by atoms with E-state index in [1.807, 2.05) is 43.3 Å². The zero-order valence-electron chi connectivity index (χ0n) is 18.1. The number of carbonyl (C=O) groups excluding carboxylic acids is 2. The van der Waals surface area contributed by atoms with E-state index in [2.05, 4.69) is 47.7 Å². The smallest absolute Gasteiger partial charge is 0.287 e. The Balaban J connectivity index is 1.84. The third kappa shape index (κ3) is 7.26. The second-order valence-corrected chi connectivity index (χ2v) is 8.97. The Morgan fingerprint density at radius 1 is 0.971 bits per heavy atom. The Labute approximate surface area is 214 Å². The second kappa shape index (κ2) is 12.1. The van der Waals surface area contributed by atoms with Crippen LogP contribution in [-0.4, -0.2) is 23.1 Å². The number of hydrogen-bond acceptors (Lipinski definition) is 4. The van der Waals surface area contributed by atoms with Gasteiger partial charge in [0.05, 0.1) is 10.7 Å². The van der Waals surface area contributed by atoms with Crippen molar-refractivity contribution in [1.82, 2.24) is 10.7 Å². The van der Waals surface area contributed by atoms with Crippen LogP contribution in [0.3, 0.4) is 0 Å². The molecule has 0 radical (unpaired) electrons. The lowest BCUT2D eigenvalue weighted by atomic mass is 10.1. The highest BCUT2D eigenvalue weighted by molar-refractivity contribution is 9.11. The molecule has 0 saturated heterocycles. The molecular weight excluding hydrogens is 562 g/mol. The first-order valence-corrected chi connectivity index (χ1v) is 11.7. The number of hydrogen-bond donors (Lipinski definition) is 3. The molecule has 172 valence electrons.